The minimum atomic E-state index is 0.498. The molecule has 0 amide bonds. The average Bonchev–Trinajstić information content (AvgIpc) is 2.40. The van der Waals surface area contributed by atoms with Crippen LogP contribution in [0.3, 0.4) is 0 Å². The highest BCUT2D eigenvalue weighted by Gasteiger charge is 2.12. The van der Waals surface area contributed by atoms with Crippen molar-refractivity contribution in [1.82, 2.24) is 10.3 Å². The van der Waals surface area contributed by atoms with Gasteiger partial charge in [-0.2, -0.15) is 17.0 Å². The van der Waals surface area contributed by atoms with Gasteiger partial charge in [-0.3, -0.25) is 0 Å². The van der Waals surface area contributed by atoms with E-state index >= 15 is 0 Å². The number of thioether (sulfide) groups is 1. The third kappa shape index (κ3) is 4.03. The quantitative estimate of drug-likeness (QED) is 0.886. The van der Waals surface area contributed by atoms with Crippen LogP contribution >= 0.6 is 11.8 Å². The van der Waals surface area contributed by atoms with Crippen LogP contribution in [-0.4, -0.2) is 23.0 Å². The molecule has 17 heavy (non-hydrogen) atoms. The summed E-state index contributed by atoms with van der Waals surface area (Å²) in [5, 5.41) is 12.2. The van der Waals surface area contributed by atoms with Crippen molar-refractivity contribution >= 4 is 11.8 Å². The predicted molar refractivity (Wildman–Crippen MR) is 70.7 cm³/mol. The van der Waals surface area contributed by atoms with Gasteiger partial charge in [-0.25, -0.2) is 4.98 Å². The van der Waals surface area contributed by atoms with E-state index in [1.54, 1.807) is 6.20 Å². The van der Waals surface area contributed by atoms with E-state index in [1.807, 2.05) is 12.1 Å². The monoisotopic (exact) mass is 247 g/mol. The zero-order valence-corrected chi connectivity index (χ0v) is 10.7. The van der Waals surface area contributed by atoms with Crippen molar-refractivity contribution in [3.05, 3.63) is 29.6 Å². The molecule has 90 valence electrons. The van der Waals surface area contributed by atoms with Crippen molar-refractivity contribution in [1.29, 1.82) is 5.26 Å². The van der Waals surface area contributed by atoms with Crippen LogP contribution in [0.2, 0.25) is 0 Å². The smallest absolute Gasteiger partial charge is 0.140 e. The molecule has 0 atom stereocenters. The summed E-state index contributed by atoms with van der Waals surface area (Å²) in [6.07, 6.45) is 4.36. The molecule has 0 saturated carbocycles. The van der Waals surface area contributed by atoms with Gasteiger partial charge in [0.15, 0.2) is 0 Å². The van der Waals surface area contributed by atoms with Crippen molar-refractivity contribution in [2.45, 2.75) is 19.4 Å². The van der Waals surface area contributed by atoms with Crippen LogP contribution in [0.25, 0.3) is 0 Å². The maximum Gasteiger partial charge on any atom is 0.140 e. The van der Waals surface area contributed by atoms with Crippen LogP contribution in [0.15, 0.2) is 18.3 Å². The number of hydrogen-bond acceptors (Lipinski definition) is 4. The fourth-order valence-corrected chi connectivity index (χ4v) is 3.22. The van der Waals surface area contributed by atoms with Gasteiger partial charge >= 0.3 is 0 Å². The Morgan fingerprint density at radius 3 is 3.06 bits per heavy atom. The van der Waals surface area contributed by atoms with Crippen molar-refractivity contribution < 1.29 is 0 Å². The zero-order chi connectivity index (χ0) is 11.9. The van der Waals surface area contributed by atoms with Gasteiger partial charge in [0.1, 0.15) is 11.8 Å². The van der Waals surface area contributed by atoms with Gasteiger partial charge < -0.3 is 5.32 Å². The van der Waals surface area contributed by atoms with Crippen LogP contribution in [0.1, 0.15) is 24.1 Å². The van der Waals surface area contributed by atoms with Crippen molar-refractivity contribution in [2.24, 2.45) is 5.92 Å². The Hall–Kier alpha value is -1.05. The summed E-state index contributed by atoms with van der Waals surface area (Å²) in [6.45, 7) is 1.92. The van der Waals surface area contributed by atoms with Gasteiger partial charge in [0.25, 0.3) is 0 Å². The van der Waals surface area contributed by atoms with Gasteiger partial charge in [0.2, 0.25) is 0 Å². The third-order valence-corrected chi connectivity index (χ3v) is 4.09. The molecule has 4 heteroatoms. The molecule has 2 rings (SSSR count). The first kappa shape index (κ1) is 12.4. The van der Waals surface area contributed by atoms with E-state index in [1.165, 1.54) is 24.3 Å². The van der Waals surface area contributed by atoms with Crippen LogP contribution in [0.4, 0.5) is 0 Å². The number of nitriles is 1. The summed E-state index contributed by atoms with van der Waals surface area (Å²) in [4.78, 5) is 3.96. The SMILES string of the molecule is N#Cc1cc(CNCC2CCSCC2)ccn1. The fraction of sp³-hybridized carbons (Fsp3) is 0.538. The van der Waals surface area contributed by atoms with E-state index in [0.29, 0.717) is 5.69 Å². The molecule has 3 nitrogen and oxygen atoms in total. The summed E-state index contributed by atoms with van der Waals surface area (Å²) in [5.41, 5.74) is 1.64. The molecule has 0 spiro atoms. The second-order valence-corrected chi connectivity index (χ2v) is 5.57. The second kappa shape index (κ2) is 6.63. The number of nitrogens with zero attached hydrogens (tertiary/aromatic N) is 2. The molecule has 1 fully saturated rings. The van der Waals surface area contributed by atoms with E-state index in [4.69, 9.17) is 5.26 Å². The van der Waals surface area contributed by atoms with Crippen molar-refractivity contribution in [2.75, 3.05) is 18.1 Å². The molecule has 0 aromatic carbocycles. The van der Waals surface area contributed by atoms with Crippen LogP contribution < -0.4 is 5.32 Å². The molecule has 0 radical (unpaired) electrons. The van der Waals surface area contributed by atoms with Crippen LogP contribution in [0.5, 0.6) is 0 Å². The van der Waals surface area contributed by atoms with E-state index in [2.05, 4.69) is 28.1 Å². The first-order valence-corrected chi connectivity index (χ1v) is 7.17. The van der Waals surface area contributed by atoms with Crippen LogP contribution in [-0.2, 0) is 6.54 Å². The molecular formula is C13H17N3S. The number of aromatic nitrogens is 1. The van der Waals surface area contributed by atoms with Crippen molar-refractivity contribution in [3.8, 4) is 6.07 Å². The minimum absolute atomic E-state index is 0.498. The number of rotatable bonds is 4. The van der Waals surface area contributed by atoms with E-state index in [0.717, 1.165) is 24.6 Å². The largest absolute Gasteiger partial charge is 0.312 e. The highest BCUT2D eigenvalue weighted by molar-refractivity contribution is 7.99. The molecule has 1 aromatic rings. The Bertz CT molecular complexity index is 394. The molecule has 1 aliphatic rings. The summed E-state index contributed by atoms with van der Waals surface area (Å²) in [6, 6.07) is 5.88. The topological polar surface area (TPSA) is 48.7 Å². The van der Waals surface area contributed by atoms with Crippen molar-refractivity contribution in [3.63, 3.8) is 0 Å². The third-order valence-electron chi connectivity index (χ3n) is 3.04. The lowest BCUT2D eigenvalue weighted by atomic mass is 10.0. The highest BCUT2D eigenvalue weighted by Crippen LogP contribution is 2.21. The molecule has 1 aromatic heterocycles. The molecule has 0 bridgehead atoms. The van der Waals surface area contributed by atoms with E-state index in [-0.39, 0.29) is 0 Å². The second-order valence-electron chi connectivity index (χ2n) is 4.35. The van der Waals surface area contributed by atoms with Gasteiger partial charge in [-0.05, 0) is 54.5 Å². The summed E-state index contributed by atoms with van der Waals surface area (Å²) >= 11 is 2.06. The molecule has 1 N–H and O–H groups in total. The number of nitrogens with one attached hydrogen (secondary N) is 1. The molecule has 0 unspecified atom stereocenters. The van der Waals surface area contributed by atoms with E-state index < -0.39 is 0 Å². The number of pyridine rings is 1. The maximum absolute atomic E-state index is 8.76. The van der Waals surface area contributed by atoms with Gasteiger partial charge in [-0.1, -0.05) is 0 Å². The lowest BCUT2D eigenvalue weighted by molar-refractivity contribution is 0.447. The Kier molecular flexibility index (Phi) is 4.84. The molecule has 1 saturated heterocycles. The Labute approximate surface area is 107 Å². The number of hydrogen-bond donors (Lipinski definition) is 1. The standard InChI is InChI=1S/C13H17N3S/c14-8-13-7-12(1-4-16-13)10-15-9-11-2-5-17-6-3-11/h1,4,7,11,15H,2-3,5-6,9-10H2. The Morgan fingerprint density at radius 2 is 2.29 bits per heavy atom. The summed E-state index contributed by atoms with van der Waals surface area (Å²) < 4.78 is 0. The summed E-state index contributed by atoms with van der Waals surface area (Å²) in [7, 11) is 0. The minimum Gasteiger partial charge on any atom is -0.312 e. The Balaban J connectivity index is 1.75. The van der Waals surface area contributed by atoms with Gasteiger partial charge in [0, 0.05) is 12.7 Å². The molecule has 0 aliphatic carbocycles. The molecule has 2 heterocycles. The van der Waals surface area contributed by atoms with E-state index in [9.17, 15) is 0 Å². The molecular weight excluding hydrogens is 230 g/mol. The normalized spacial score (nSPS) is 16.6. The first-order valence-electron chi connectivity index (χ1n) is 6.02. The van der Waals surface area contributed by atoms with Crippen LogP contribution in [0, 0.1) is 17.2 Å². The lowest BCUT2D eigenvalue weighted by Gasteiger charge is -2.21. The van der Waals surface area contributed by atoms with Gasteiger partial charge in [-0.15, -0.1) is 0 Å². The Morgan fingerprint density at radius 1 is 1.47 bits per heavy atom. The summed E-state index contributed by atoms with van der Waals surface area (Å²) in [5.74, 6) is 3.44. The molecule has 1 aliphatic heterocycles. The zero-order valence-electron chi connectivity index (χ0n) is 9.85. The predicted octanol–water partition coefficient (Wildman–Crippen LogP) is 2.19. The first-order chi connectivity index (χ1) is 8.38. The fourth-order valence-electron chi connectivity index (χ4n) is 2.02. The maximum atomic E-state index is 8.76. The lowest BCUT2D eigenvalue weighted by Crippen LogP contribution is -2.25. The van der Waals surface area contributed by atoms with Gasteiger partial charge in [0.05, 0.1) is 0 Å². The highest BCUT2D eigenvalue weighted by atomic mass is 32.2. The average molecular weight is 247 g/mol.